The molecule has 0 radical (unpaired) electrons. The Morgan fingerprint density at radius 3 is 1.64 bits per heavy atom. The fraction of sp³-hybridized carbons (Fsp3) is 0.0690. The maximum atomic E-state index is 2.54. The van der Waals surface area contributed by atoms with Gasteiger partial charge in [-0.15, -0.1) is 0 Å². The lowest BCUT2D eigenvalue weighted by atomic mass is 9.65. The topological polar surface area (TPSA) is 3.24 Å². The van der Waals surface area contributed by atoms with Crippen molar-refractivity contribution in [3.8, 4) is 11.1 Å². The summed E-state index contributed by atoms with van der Waals surface area (Å²) in [4.78, 5) is 2.45. The van der Waals surface area contributed by atoms with Gasteiger partial charge in [-0.1, -0.05) is 166 Å². The van der Waals surface area contributed by atoms with E-state index >= 15 is 0 Å². The van der Waals surface area contributed by atoms with Crippen LogP contribution in [0.3, 0.4) is 0 Å². The van der Waals surface area contributed by atoms with Crippen molar-refractivity contribution in [3.63, 3.8) is 0 Å². The number of benzene rings is 9. The molecule has 0 saturated carbocycles. The fourth-order valence-electron chi connectivity index (χ4n) is 11.4. The largest absolute Gasteiger partial charge is 0.310 e. The summed E-state index contributed by atoms with van der Waals surface area (Å²) in [7, 11) is 0. The second-order valence-corrected chi connectivity index (χ2v) is 17.2. The molecule has 1 heteroatoms. The van der Waals surface area contributed by atoms with Crippen LogP contribution in [0.2, 0.25) is 0 Å². The van der Waals surface area contributed by atoms with Crippen LogP contribution in [0.4, 0.5) is 17.1 Å². The van der Waals surface area contributed by atoms with E-state index < -0.39 is 5.41 Å². The van der Waals surface area contributed by atoms with Crippen molar-refractivity contribution in [1.29, 1.82) is 0 Å². The number of anilines is 3. The van der Waals surface area contributed by atoms with Gasteiger partial charge in [0.2, 0.25) is 0 Å². The Morgan fingerprint density at radius 2 is 0.966 bits per heavy atom. The van der Waals surface area contributed by atoms with Crippen LogP contribution in [0.25, 0.3) is 60.7 Å². The van der Waals surface area contributed by atoms with E-state index in [2.05, 4.69) is 219 Å². The highest BCUT2D eigenvalue weighted by Crippen LogP contribution is 2.59. The minimum atomic E-state index is -0.440. The summed E-state index contributed by atoms with van der Waals surface area (Å²) in [6, 6.07) is 68.1. The number of para-hydroxylation sites is 2. The first-order chi connectivity index (χ1) is 29.0. The Balaban J connectivity index is 1.13. The molecule has 1 spiro atoms. The number of nitrogens with zero attached hydrogens (tertiary/aromatic N) is 1. The quantitative estimate of drug-likeness (QED) is 0.159. The van der Waals surface area contributed by atoms with Gasteiger partial charge < -0.3 is 4.90 Å². The monoisotopic (exact) mass is 749 g/mol. The molecule has 1 aliphatic heterocycles. The third-order valence-electron chi connectivity index (χ3n) is 14.0. The van der Waals surface area contributed by atoms with Crippen molar-refractivity contribution in [1.82, 2.24) is 0 Å². The highest BCUT2D eigenvalue weighted by molar-refractivity contribution is 6.25. The summed E-state index contributed by atoms with van der Waals surface area (Å²) in [6.45, 7) is 4.78. The second-order valence-electron chi connectivity index (χ2n) is 17.2. The Kier molecular flexibility index (Phi) is 6.50. The highest BCUT2D eigenvalue weighted by atomic mass is 15.2. The summed E-state index contributed by atoms with van der Waals surface area (Å²) in [5.41, 5.74) is 16.2. The van der Waals surface area contributed by atoms with Crippen LogP contribution in [0.5, 0.6) is 0 Å². The Morgan fingerprint density at radius 1 is 0.424 bits per heavy atom. The zero-order chi connectivity index (χ0) is 39.0. The summed E-state index contributed by atoms with van der Waals surface area (Å²) < 4.78 is 0. The summed E-state index contributed by atoms with van der Waals surface area (Å²) >= 11 is 0. The molecule has 0 N–H and O–H groups in total. The van der Waals surface area contributed by atoms with E-state index in [1.54, 1.807) is 0 Å². The lowest BCUT2D eigenvalue weighted by Gasteiger charge is -2.42. The molecular formula is C58H39N. The van der Waals surface area contributed by atoms with Crippen molar-refractivity contribution < 1.29 is 0 Å². The van der Waals surface area contributed by atoms with Gasteiger partial charge in [-0.25, -0.2) is 0 Å². The van der Waals surface area contributed by atoms with Crippen LogP contribution in [0.1, 0.15) is 41.7 Å². The first kappa shape index (κ1) is 32.8. The molecule has 0 amide bonds. The third kappa shape index (κ3) is 4.24. The molecule has 59 heavy (non-hydrogen) atoms. The van der Waals surface area contributed by atoms with Crippen molar-refractivity contribution in [2.75, 3.05) is 4.90 Å². The Hall–Kier alpha value is -7.22. The number of allylic oxidation sites excluding steroid dienone is 4. The molecule has 0 aromatic heterocycles. The molecular weight excluding hydrogens is 711 g/mol. The van der Waals surface area contributed by atoms with E-state index in [1.807, 2.05) is 0 Å². The lowest BCUT2D eigenvalue weighted by molar-refractivity contribution is 0.631. The van der Waals surface area contributed by atoms with E-state index in [-0.39, 0.29) is 5.41 Å². The van der Waals surface area contributed by atoms with Gasteiger partial charge in [0, 0.05) is 11.1 Å². The van der Waals surface area contributed by atoms with Crippen molar-refractivity contribution in [2.24, 2.45) is 0 Å². The zero-order valence-corrected chi connectivity index (χ0v) is 33.0. The van der Waals surface area contributed by atoms with E-state index in [4.69, 9.17) is 0 Å². The van der Waals surface area contributed by atoms with Gasteiger partial charge in [0.05, 0.1) is 16.8 Å². The molecule has 9 aromatic carbocycles. The van der Waals surface area contributed by atoms with Gasteiger partial charge in [0.15, 0.2) is 0 Å². The summed E-state index contributed by atoms with van der Waals surface area (Å²) in [6.07, 6.45) is 7.49. The number of hydrogen-bond acceptors (Lipinski definition) is 1. The van der Waals surface area contributed by atoms with E-state index in [0.717, 1.165) is 0 Å². The van der Waals surface area contributed by atoms with E-state index in [1.165, 1.54) is 115 Å². The molecule has 0 atom stereocenters. The predicted molar refractivity (Wildman–Crippen MR) is 248 cm³/mol. The number of hydrogen-bond donors (Lipinski definition) is 0. The van der Waals surface area contributed by atoms with Crippen LogP contribution < -0.4 is 15.3 Å². The van der Waals surface area contributed by atoms with Gasteiger partial charge in [-0.3, -0.25) is 0 Å². The fourth-order valence-corrected chi connectivity index (χ4v) is 11.4. The second kappa shape index (κ2) is 11.7. The lowest BCUT2D eigenvalue weighted by Crippen LogP contribution is -2.34. The maximum Gasteiger partial charge on any atom is 0.0659 e. The SMILES string of the molecule is CC1(C)c2ccccc2N(c2ccccc2)c2ccc(C3=C4C=c5cc6c7ccccc7c7ccccc7c6cc5=C4C4(C=C3)c3ccccc3-c3ccccc34)cc21. The maximum absolute atomic E-state index is 2.54. The minimum absolute atomic E-state index is 0.212. The Labute approximate surface area is 343 Å². The summed E-state index contributed by atoms with van der Waals surface area (Å²) in [5, 5.41) is 10.4. The molecule has 13 rings (SSSR count). The molecule has 4 aliphatic rings. The number of fused-ring (bicyclic) bond motifs is 16. The van der Waals surface area contributed by atoms with Crippen molar-refractivity contribution in [2.45, 2.75) is 24.7 Å². The molecule has 1 heterocycles. The van der Waals surface area contributed by atoms with Gasteiger partial charge in [0.25, 0.3) is 0 Å². The molecule has 0 fully saturated rings. The van der Waals surface area contributed by atoms with E-state index in [0.29, 0.717) is 0 Å². The van der Waals surface area contributed by atoms with Gasteiger partial charge in [-0.2, -0.15) is 0 Å². The zero-order valence-electron chi connectivity index (χ0n) is 33.0. The average molecular weight is 750 g/mol. The van der Waals surface area contributed by atoms with Crippen molar-refractivity contribution >= 4 is 66.6 Å². The standard InChI is InChI=1S/C58H39N/c1-57(2)52-26-14-15-27-54(52)59(38-16-4-3-5-17-38)55-29-28-36(34-53(55)57)39-30-31-58(50-24-12-10-22-44(50)45-23-11-13-25-51(45)58)56-46-35-48-43-21-9-7-19-41(43)40-18-6-8-20-42(40)47(48)32-37(46)33-49(39)56/h3-35H,1-2H3. The highest BCUT2D eigenvalue weighted by Gasteiger charge is 2.48. The molecule has 3 aliphatic carbocycles. The van der Waals surface area contributed by atoms with Crippen LogP contribution in [-0.2, 0) is 10.8 Å². The smallest absolute Gasteiger partial charge is 0.0659 e. The molecule has 1 nitrogen and oxygen atoms in total. The molecule has 0 bridgehead atoms. The van der Waals surface area contributed by atoms with E-state index in [9.17, 15) is 0 Å². The van der Waals surface area contributed by atoms with Crippen LogP contribution in [-0.4, -0.2) is 0 Å². The van der Waals surface area contributed by atoms with Gasteiger partial charge >= 0.3 is 0 Å². The average Bonchev–Trinajstić information content (AvgIpc) is 3.80. The van der Waals surface area contributed by atoms with Gasteiger partial charge in [0.1, 0.15) is 0 Å². The third-order valence-corrected chi connectivity index (χ3v) is 14.0. The van der Waals surface area contributed by atoms with Crippen LogP contribution in [0.15, 0.2) is 200 Å². The predicted octanol–water partition coefficient (Wildman–Crippen LogP) is 13.2. The molecule has 276 valence electrons. The molecule has 0 saturated heterocycles. The molecule has 9 aromatic rings. The minimum Gasteiger partial charge on any atom is -0.310 e. The molecule has 0 unspecified atom stereocenters. The van der Waals surface area contributed by atoms with Crippen LogP contribution in [0, 0.1) is 0 Å². The Bertz CT molecular complexity index is 3480. The first-order valence-corrected chi connectivity index (χ1v) is 20.8. The van der Waals surface area contributed by atoms with Crippen molar-refractivity contribution in [3.05, 3.63) is 238 Å². The van der Waals surface area contributed by atoms with Crippen LogP contribution >= 0.6 is 0 Å². The first-order valence-electron chi connectivity index (χ1n) is 20.8. The summed E-state index contributed by atoms with van der Waals surface area (Å²) in [5.74, 6) is 0. The number of rotatable bonds is 2. The van der Waals surface area contributed by atoms with Gasteiger partial charge in [-0.05, 0) is 147 Å². The normalized spacial score (nSPS) is 16.2.